The first-order chi connectivity index (χ1) is 11.9. The molecule has 25 heavy (non-hydrogen) atoms. The number of hydrogen-bond acceptors (Lipinski definition) is 3. The van der Waals surface area contributed by atoms with Gasteiger partial charge >= 0.3 is 0 Å². The number of nitrogens with one attached hydrogen (secondary N) is 1. The highest BCUT2D eigenvalue weighted by molar-refractivity contribution is 9.10. The second kappa shape index (κ2) is 7.35. The van der Waals surface area contributed by atoms with Crippen molar-refractivity contribution in [3.63, 3.8) is 0 Å². The van der Waals surface area contributed by atoms with Gasteiger partial charge in [0.25, 0.3) is 0 Å². The average molecular weight is 409 g/mol. The summed E-state index contributed by atoms with van der Waals surface area (Å²) in [5, 5.41) is 6.85. The van der Waals surface area contributed by atoms with Crippen LogP contribution in [0.5, 0.6) is 0 Å². The Hall–Kier alpha value is -2.22. The Morgan fingerprint density at radius 1 is 1.28 bits per heavy atom. The second-order valence-corrected chi connectivity index (χ2v) is 6.85. The molecule has 0 saturated carbocycles. The molecular formula is C17H18BrFN4O2. The van der Waals surface area contributed by atoms with Gasteiger partial charge in [-0.05, 0) is 31.5 Å². The van der Waals surface area contributed by atoms with Crippen molar-refractivity contribution in [3.05, 3.63) is 40.2 Å². The quantitative estimate of drug-likeness (QED) is 0.843. The highest BCUT2D eigenvalue weighted by atomic mass is 79.9. The largest absolute Gasteiger partial charge is 0.324 e. The number of amides is 2. The highest BCUT2D eigenvalue weighted by Gasteiger charge is 2.24. The molecule has 1 aliphatic rings. The van der Waals surface area contributed by atoms with Gasteiger partial charge in [-0.15, -0.1) is 0 Å². The van der Waals surface area contributed by atoms with Crippen molar-refractivity contribution in [2.75, 3.05) is 16.8 Å². The van der Waals surface area contributed by atoms with Crippen molar-refractivity contribution < 1.29 is 14.0 Å². The lowest BCUT2D eigenvalue weighted by molar-refractivity contribution is -0.122. The maximum absolute atomic E-state index is 13.7. The summed E-state index contributed by atoms with van der Waals surface area (Å²) in [6.45, 7) is 3.29. The lowest BCUT2D eigenvalue weighted by Crippen LogP contribution is -2.37. The molecule has 132 valence electrons. The first-order valence-corrected chi connectivity index (χ1v) is 8.83. The van der Waals surface area contributed by atoms with Gasteiger partial charge in [0, 0.05) is 36.5 Å². The van der Waals surface area contributed by atoms with E-state index >= 15 is 0 Å². The number of hydrogen-bond donors (Lipinski definition) is 1. The van der Waals surface area contributed by atoms with Crippen LogP contribution in [0.2, 0.25) is 0 Å². The number of carbonyl (C=O) groups is 2. The average Bonchev–Trinajstić information content (AvgIpc) is 2.95. The van der Waals surface area contributed by atoms with Gasteiger partial charge in [-0.25, -0.2) is 9.07 Å². The van der Waals surface area contributed by atoms with E-state index in [2.05, 4.69) is 26.3 Å². The monoisotopic (exact) mass is 408 g/mol. The first-order valence-electron chi connectivity index (χ1n) is 8.04. The summed E-state index contributed by atoms with van der Waals surface area (Å²) in [6, 6.07) is 6.26. The van der Waals surface area contributed by atoms with E-state index in [1.165, 1.54) is 12.1 Å². The van der Waals surface area contributed by atoms with Gasteiger partial charge in [0.1, 0.15) is 11.6 Å². The zero-order valence-electron chi connectivity index (χ0n) is 13.8. The Kier molecular flexibility index (Phi) is 5.17. The predicted octanol–water partition coefficient (Wildman–Crippen LogP) is 3.25. The molecule has 2 heterocycles. The SMILES string of the molecule is Cc1cc2n(n1)CCCN2C(=O)CCC(=O)Nc1ccc(Br)cc1F. The fourth-order valence-electron chi connectivity index (χ4n) is 2.82. The third kappa shape index (κ3) is 4.07. The summed E-state index contributed by atoms with van der Waals surface area (Å²) in [5.41, 5.74) is 0.963. The molecule has 1 aromatic carbocycles. The zero-order valence-corrected chi connectivity index (χ0v) is 15.3. The normalized spacial score (nSPS) is 13.5. The van der Waals surface area contributed by atoms with E-state index in [-0.39, 0.29) is 24.4 Å². The van der Waals surface area contributed by atoms with Crippen LogP contribution in [0.4, 0.5) is 15.9 Å². The summed E-state index contributed by atoms with van der Waals surface area (Å²) in [4.78, 5) is 26.1. The van der Waals surface area contributed by atoms with Crippen molar-refractivity contribution in [1.29, 1.82) is 0 Å². The number of benzene rings is 1. The summed E-state index contributed by atoms with van der Waals surface area (Å²) in [7, 11) is 0. The van der Waals surface area contributed by atoms with Crippen LogP contribution in [-0.2, 0) is 16.1 Å². The fraction of sp³-hybridized carbons (Fsp3) is 0.353. The van der Waals surface area contributed by atoms with E-state index in [4.69, 9.17) is 0 Å². The second-order valence-electron chi connectivity index (χ2n) is 5.94. The smallest absolute Gasteiger partial charge is 0.228 e. The number of nitrogens with zero attached hydrogens (tertiary/aromatic N) is 3. The number of aryl methyl sites for hydroxylation is 2. The van der Waals surface area contributed by atoms with Crippen LogP contribution >= 0.6 is 15.9 Å². The Morgan fingerprint density at radius 3 is 2.84 bits per heavy atom. The van der Waals surface area contributed by atoms with Crippen LogP contribution in [-0.4, -0.2) is 28.1 Å². The summed E-state index contributed by atoms with van der Waals surface area (Å²) >= 11 is 3.16. The summed E-state index contributed by atoms with van der Waals surface area (Å²) in [5.74, 6) is -0.277. The van der Waals surface area contributed by atoms with Gasteiger partial charge in [-0.3, -0.25) is 14.5 Å². The molecule has 2 aromatic rings. The minimum absolute atomic E-state index is 0.00203. The van der Waals surface area contributed by atoms with E-state index in [0.29, 0.717) is 11.0 Å². The molecule has 8 heteroatoms. The molecule has 0 unspecified atom stereocenters. The number of aromatic nitrogens is 2. The topological polar surface area (TPSA) is 67.2 Å². The lowest BCUT2D eigenvalue weighted by Gasteiger charge is -2.27. The maximum Gasteiger partial charge on any atom is 0.228 e. The van der Waals surface area contributed by atoms with Gasteiger partial charge in [-0.2, -0.15) is 5.10 Å². The van der Waals surface area contributed by atoms with Crippen molar-refractivity contribution in [3.8, 4) is 0 Å². The van der Waals surface area contributed by atoms with Crippen molar-refractivity contribution >= 4 is 39.2 Å². The van der Waals surface area contributed by atoms with E-state index in [1.807, 2.05) is 17.7 Å². The molecular weight excluding hydrogens is 391 g/mol. The molecule has 2 amide bonds. The molecule has 0 radical (unpaired) electrons. The zero-order chi connectivity index (χ0) is 18.0. The Labute approximate surface area is 153 Å². The number of fused-ring (bicyclic) bond motifs is 1. The fourth-order valence-corrected chi connectivity index (χ4v) is 3.15. The number of halogens is 2. The molecule has 6 nitrogen and oxygen atoms in total. The van der Waals surface area contributed by atoms with E-state index in [0.717, 1.165) is 24.5 Å². The molecule has 1 aromatic heterocycles. The van der Waals surface area contributed by atoms with Crippen LogP contribution in [0.25, 0.3) is 0 Å². The van der Waals surface area contributed by atoms with Gasteiger partial charge in [-0.1, -0.05) is 15.9 Å². The van der Waals surface area contributed by atoms with Gasteiger partial charge in [0.05, 0.1) is 11.4 Å². The minimum Gasteiger partial charge on any atom is -0.324 e. The molecule has 1 N–H and O–H groups in total. The Morgan fingerprint density at radius 2 is 2.08 bits per heavy atom. The van der Waals surface area contributed by atoms with Crippen LogP contribution in [0, 0.1) is 12.7 Å². The Bertz CT molecular complexity index is 821. The standard InChI is InChI=1S/C17H18BrFN4O2/c1-11-9-16-22(7-2-8-23(16)21-11)17(25)6-5-15(24)20-14-4-3-12(18)10-13(14)19/h3-4,9-10H,2,5-8H2,1H3,(H,20,24). The molecule has 0 bridgehead atoms. The minimum atomic E-state index is -0.524. The summed E-state index contributed by atoms with van der Waals surface area (Å²) in [6.07, 6.45) is 0.891. The van der Waals surface area contributed by atoms with Crippen molar-refractivity contribution in [2.45, 2.75) is 32.7 Å². The predicted molar refractivity (Wildman–Crippen MR) is 95.9 cm³/mol. The van der Waals surface area contributed by atoms with Crippen molar-refractivity contribution in [1.82, 2.24) is 9.78 Å². The highest BCUT2D eigenvalue weighted by Crippen LogP contribution is 2.23. The molecule has 0 aliphatic carbocycles. The molecule has 0 atom stereocenters. The van der Waals surface area contributed by atoms with Gasteiger partial charge in [0.2, 0.25) is 11.8 Å². The number of anilines is 2. The van der Waals surface area contributed by atoms with Gasteiger partial charge < -0.3 is 5.32 Å². The van der Waals surface area contributed by atoms with Crippen molar-refractivity contribution in [2.24, 2.45) is 0 Å². The third-order valence-corrected chi connectivity index (χ3v) is 4.47. The molecule has 3 rings (SSSR count). The first kappa shape index (κ1) is 17.6. The van der Waals surface area contributed by atoms with Gasteiger partial charge in [0.15, 0.2) is 0 Å². The number of rotatable bonds is 4. The maximum atomic E-state index is 13.7. The summed E-state index contributed by atoms with van der Waals surface area (Å²) < 4.78 is 16.1. The van der Waals surface area contributed by atoms with E-state index in [9.17, 15) is 14.0 Å². The van der Waals surface area contributed by atoms with E-state index in [1.54, 1.807) is 11.0 Å². The molecule has 0 spiro atoms. The molecule has 0 fully saturated rings. The lowest BCUT2D eigenvalue weighted by atomic mass is 10.2. The van der Waals surface area contributed by atoms with Crippen LogP contribution in [0.1, 0.15) is 25.0 Å². The molecule has 0 saturated heterocycles. The van der Waals surface area contributed by atoms with Crippen LogP contribution < -0.4 is 10.2 Å². The van der Waals surface area contributed by atoms with E-state index < -0.39 is 11.7 Å². The third-order valence-electron chi connectivity index (χ3n) is 3.98. The van der Waals surface area contributed by atoms with Crippen LogP contribution in [0.15, 0.2) is 28.7 Å². The Balaban J connectivity index is 1.58. The van der Waals surface area contributed by atoms with Crippen LogP contribution in [0.3, 0.4) is 0 Å². The molecule has 1 aliphatic heterocycles. The number of carbonyl (C=O) groups excluding carboxylic acids is 2.